The lowest BCUT2D eigenvalue weighted by molar-refractivity contribution is -0.272. The molecule has 1 aromatic carbocycles. The van der Waals surface area contributed by atoms with Crippen molar-refractivity contribution in [3.8, 4) is 0 Å². The summed E-state index contributed by atoms with van der Waals surface area (Å²) in [7, 11) is 0. The van der Waals surface area contributed by atoms with Crippen molar-refractivity contribution in [3.63, 3.8) is 0 Å². The van der Waals surface area contributed by atoms with E-state index in [0.29, 0.717) is 11.1 Å². The number of nitrogens with one attached hydrogen (secondary N) is 1. The van der Waals surface area contributed by atoms with E-state index in [1.807, 2.05) is 0 Å². The van der Waals surface area contributed by atoms with Gasteiger partial charge in [-0.15, -0.1) is 0 Å². The molecule has 112 valence electrons. The monoisotopic (exact) mass is 299 g/mol. The summed E-state index contributed by atoms with van der Waals surface area (Å²) in [5.74, 6) is -6.19. The van der Waals surface area contributed by atoms with Gasteiger partial charge in [-0.2, -0.15) is 26.3 Å². The fourth-order valence-corrected chi connectivity index (χ4v) is 1.57. The minimum atomic E-state index is -5.69. The minimum absolute atomic E-state index is 0.0755. The fraction of sp³-hybridized carbons (Fsp3) is 0.417. The van der Waals surface area contributed by atoms with E-state index in [9.17, 15) is 31.1 Å². The van der Waals surface area contributed by atoms with E-state index in [4.69, 9.17) is 0 Å². The van der Waals surface area contributed by atoms with Gasteiger partial charge in [0.15, 0.2) is 0 Å². The molecule has 0 spiro atoms. The van der Waals surface area contributed by atoms with Gasteiger partial charge >= 0.3 is 12.4 Å². The predicted octanol–water partition coefficient (Wildman–Crippen LogP) is 3.98. The van der Waals surface area contributed by atoms with Crippen LogP contribution in [0.25, 0.3) is 0 Å². The standard InChI is InChI=1S/C12H11F6NO/c1-6-4-3-5-8(7(6)2)19-10(20)9(11(13,14)15)12(16,17)18/h3-5,9H,1-2H3,(H,19,20). The molecule has 1 rings (SSSR count). The van der Waals surface area contributed by atoms with E-state index < -0.39 is 24.2 Å². The SMILES string of the molecule is Cc1cccc(NC(=O)C(C(F)(F)F)C(F)(F)F)c1C. The van der Waals surface area contributed by atoms with Gasteiger partial charge in [-0.1, -0.05) is 12.1 Å². The molecule has 0 fully saturated rings. The summed E-state index contributed by atoms with van der Waals surface area (Å²) < 4.78 is 74.2. The number of carbonyl (C=O) groups excluding carboxylic acids is 1. The largest absolute Gasteiger partial charge is 0.409 e. The minimum Gasteiger partial charge on any atom is -0.325 e. The molecule has 1 aromatic rings. The van der Waals surface area contributed by atoms with Gasteiger partial charge in [0.2, 0.25) is 11.8 Å². The van der Waals surface area contributed by atoms with Crippen molar-refractivity contribution in [1.82, 2.24) is 0 Å². The van der Waals surface area contributed by atoms with Gasteiger partial charge in [0.05, 0.1) is 0 Å². The quantitative estimate of drug-likeness (QED) is 0.822. The summed E-state index contributed by atoms with van der Waals surface area (Å²) >= 11 is 0. The average Bonchev–Trinajstić information content (AvgIpc) is 2.20. The first-order valence-corrected chi connectivity index (χ1v) is 5.45. The van der Waals surface area contributed by atoms with E-state index in [-0.39, 0.29) is 5.69 Å². The van der Waals surface area contributed by atoms with Crippen LogP contribution in [0.4, 0.5) is 32.0 Å². The van der Waals surface area contributed by atoms with Crippen molar-refractivity contribution in [3.05, 3.63) is 29.3 Å². The number of benzene rings is 1. The molecule has 0 bridgehead atoms. The molecule has 0 saturated carbocycles. The van der Waals surface area contributed by atoms with Crippen LogP contribution in [-0.2, 0) is 4.79 Å². The number of hydrogen-bond donors (Lipinski definition) is 1. The molecule has 1 amide bonds. The first-order valence-electron chi connectivity index (χ1n) is 5.45. The Morgan fingerprint density at radius 1 is 1.05 bits per heavy atom. The molecule has 1 N–H and O–H groups in total. The highest BCUT2D eigenvalue weighted by molar-refractivity contribution is 5.94. The van der Waals surface area contributed by atoms with Crippen LogP contribution in [0, 0.1) is 19.8 Å². The molecule has 0 aliphatic heterocycles. The van der Waals surface area contributed by atoms with Crippen LogP contribution < -0.4 is 5.32 Å². The summed E-state index contributed by atoms with van der Waals surface area (Å²) in [4.78, 5) is 11.3. The van der Waals surface area contributed by atoms with E-state index in [2.05, 4.69) is 0 Å². The molecule has 0 aliphatic carbocycles. The molecule has 0 aromatic heterocycles. The zero-order valence-electron chi connectivity index (χ0n) is 10.5. The Labute approximate surface area is 110 Å². The van der Waals surface area contributed by atoms with Gasteiger partial charge < -0.3 is 5.32 Å². The van der Waals surface area contributed by atoms with Crippen LogP contribution in [0.15, 0.2) is 18.2 Å². The molecule has 0 unspecified atom stereocenters. The normalized spacial score (nSPS) is 12.7. The number of halogens is 6. The molecular formula is C12H11F6NO. The third-order valence-corrected chi connectivity index (χ3v) is 2.78. The summed E-state index contributed by atoms with van der Waals surface area (Å²) in [5, 5.41) is 1.69. The Morgan fingerprint density at radius 2 is 1.55 bits per heavy atom. The van der Waals surface area contributed by atoms with Crippen molar-refractivity contribution >= 4 is 11.6 Å². The molecule has 0 radical (unpaired) electrons. The van der Waals surface area contributed by atoms with Crippen LogP contribution in [0.5, 0.6) is 0 Å². The van der Waals surface area contributed by atoms with Gasteiger partial charge in [0.25, 0.3) is 0 Å². The van der Waals surface area contributed by atoms with Gasteiger partial charge in [0.1, 0.15) is 0 Å². The highest BCUT2D eigenvalue weighted by Crippen LogP contribution is 2.40. The first kappa shape index (κ1) is 16.3. The highest BCUT2D eigenvalue weighted by atomic mass is 19.4. The number of alkyl halides is 6. The van der Waals surface area contributed by atoms with Gasteiger partial charge in [-0.3, -0.25) is 4.79 Å². The van der Waals surface area contributed by atoms with Crippen LogP contribution in [0.1, 0.15) is 11.1 Å². The Hall–Kier alpha value is -1.73. The lowest BCUT2D eigenvalue weighted by Gasteiger charge is -2.22. The molecule has 0 heterocycles. The summed E-state index contributed by atoms with van der Waals surface area (Å²) in [6, 6.07) is 4.29. The zero-order chi connectivity index (χ0) is 15.7. The van der Waals surface area contributed by atoms with E-state index in [1.165, 1.54) is 19.1 Å². The lowest BCUT2D eigenvalue weighted by Crippen LogP contribution is -2.45. The maximum atomic E-state index is 12.4. The lowest BCUT2D eigenvalue weighted by atomic mass is 10.1. The van der Waals surface area contributed by atoms with Crippen molar-refractivity contribution in [2.24, 2.45) is 5.92 Å². The number of amides is 1. The Morgan fingerprint density at radius 3 is 2.00 bits per heavy atom. The van der Waals surface area contributed by atoms with E-state index in [1.54, 1.807) is 18.3 Å². The second-order valence-corrected chi connectivity index (χ2v) is 4.25. The maximum Gasteiger partial charge on any atom is 0.409 e. The van der Waals surface area contributed by atoms with E-state index >= 15 is 0 Å². The average molecular weight is 299 g/mol. The van der Waals surface area contributed by atoms with Crippen LogP contribution in [-0.4, -0.2) is 18.3 Å². The molecular weight excluding hydrogens is 288 g/mol. The topological polar surface area (TPSA) is 29.1 Å². The van der Waals surface area contributed by atoms with Crippen molar-refractivity contribution in [1.29, 1.82) is 0 Å². The third-order valence-electron chi connectivity index (χ3n) is 2.78. The number of hydrogen-bond acceptors (Lipinski definition) is 1. The van der Waals surface area contributed by atoms with Gasteiger partial charge in [-0.25, -0.2) is 0 Å². The number of rotatable bonds is 2. The first-order chi connectivity index (χ1) is 8.94. The van der Waals surface area contributed by atoms with Crippen LogP contribution >= 0.6 is 0 Å². The highest BCUT2D eigenvalue weighted by Gasteiger charge is 2.61. The zero-order valence-corrected chi connectivity index (χ0v) is 10.5. The molecule has 0 atom stereocenters. The Bertz CT molecular complexity index is 492. The van der Waals surface area contributed by atoms with Crippen molar-refractivity contribution < 1.29 is 31.1 Å². The Balaban J connectivity index is 3.07. The van der Waals surface area contributed by atoms with Crippen molar-refractivity contribution in [2.45, 2.75) is 26.2 Å². The summed E-state index contributed by atoms with van der Waals surface area (Å²) in [6.45, 7) is 3.11. The summed E-state index contributed by atoms with van der Waals surface area (Å²) in [5.41, 5.74) is 0.968. The number of anilines is 1. The molecule has 2 nitrogen and oxygen atoms in total. The summed E-state index contributed by atoms with van der Waals surface area (Å²) in [6.07, 6.45) is -11.4. The fourth-order valence-electron chi connectivity index (χ4n) is 1.57. The third kappa shape index (κ3) is 3.64. The second-order valence-electron chi connectivity index (χ2n) is 4.25. The van der Waals surface area contributed by atoms with Gasteiger partial charge in [0, 0.05) is 5.69 Å². The molecule has 0 aliphatic rings. The number of aryl methyl sites for hydroxylation is 1. The van der Waals surface area contributed by atoms with Crippen molar-refractivity contribution in [2.75, 3.05) is 5.32 Å². The molecule has 8 heteroatoms. The molecule has 20 heavy (non-hydrogen) atoms. The second kappa shape index (κ2) is 5.34. The van der Waals surface area contributed by atoms with Crippen LogP contribution in [0.2, 0.25) is 0 Å². The number of carbonyl (C=O) groups is 1. The predicted molar refractivity (Wildman–Crippen MR) is 60.1 cm³/mol. The Kier molecular flexibility index (Phi) is 4.36. The van der Waals surface area contributed by atoms with E-state index in [0.717, 1.165) is 0 Å². The molecule has 0 saturated heterocycles. The van der Waals surface area contributed by atoms with Crippen LogP contribution in [0.3, 0.4) is 0 Å². The smallest absolute Gasteiger partial charge is 0.325 e. The van der Waals surface area contributed by atoms with Gasteiger partial charge in [-0.05, 0) is 31.0 Å². The maximum absolute atomic E-state index is 12.4.